The Morgan fingerprint density at radius 3 is 2.64 bits per heavy atom. The molecule has 3 amide bonds. The van der Waals surface area contributed by atoms with E-state index in [0.717, 1.165) is 4.90 Å². The van der Waals surface area contributed by atoms with Gasteiger partial charge in [0.05, 0.1) is 0 Å². The maximum Gasteiger partial charge on any atom is 0.244 e. The molecule has 1 aromatic carbocycles. The van der Waals surface area contributed by atoms with E-state index in [0.29, 0.717) is 11.1 Å². The SMILES string of the molecule is CC(=CC(=O)NCCN1C(=O)CCC1=O)c1cccc(F)c1. The van der Waals surface area contributed by atoms with Gasteiger partial charge < -0.3 is 5.32 Å². The van der Waals surface area contributed by atoms with E-state index in [1.807, 2.05) is 0 Å². The first-order chi connectivity index (χ1) is 10.5. The van der Waals surface area contributed by atoms with E-state index in [-0.39, 0.29) is 49.5 Å². The maximum absolute atomic E-state index is 13.1. The average molecular weight is 304 g/mol. The molecule has 0 unspecified atom stereocenters. The molecule has 22 heavy (non-hydrogen) atoms. The lowest BCUT2D eigenvalue weighted by Gasteiger charge is -2.13. The molecule has 0 saturated carbocycles. The Balaban J connectivity index is 1.86. The van der Waals surface area contributed by atoms with Gasteiger partial charge in [-0.15, -0.1) is 0 Å². The first kappa shape index (κ1) is 15.9. The van der Waals surface area contributed by atoms with E-state index < -0.39 is 0 Å². The van der Waals surface area contributed by atoms with Crippen LogP contribution in [0, 0.1) is 5.82 Å². The Bertz CT molecular complexity index is 624. The van der Waals surface area contributed by atoms with Crippen LogP contribution in [0.1, 0.15) is 25.3 Å². The fourth-order valence-electron chi connectivity index (χ4n) is 2.23. The van der Waals surface area contributed by atoms with Crippen molar-refractivity contribution in [3.05, 3.63) is 41.7 Å². The number of nitrogens with one attached hydrogen (secondary N) is 1. The van der Waals surface area contributed by atoms with Gasteiger partial charge in [-0.05, 0) is 30.2 Å². The molecular formula is C16H17FN2O3. The van der Waals surface area contributed by atoms with Crippen LogP contribution in [-0.2, 0) is 14.4 Å². The minimum Gasteiger partial charge on any atom is -0.351 e. The monoisotopic (exact) mass is 304 g/mol. The zero-order valence-electron chi connectivity index (χ0n) is 12.3. The number of halogens is 1. The van der Waals surface area contributed by atoms with Crippen molar-refractivity contribution in [2.45, 2.75) is 19.8 Å². The molecule has 116 valence electrons. The van der Waals surface area contributed by atoms with Crippen LogP contribution in [0.2, 0.25) is 0 Å². The number of benzene rings is 1. The van der Waals surface area contributed by atoms with Gasteiger partial charge in [0.1, 0.15) is 5.82 Å². The minimum absolute atomic E-state index is 0.177. The van der Waals surface area contributed by atoms with E-state index >= 15 is 0 Å². The van der Waals surface area contributed by atoms with Crippen LogP contribution in [0.15, 0.2) is 30.3 Å². The molecule has 1 aliphatic heterocycles. The number of likely N-dealkylation sites (tertiary alicyclic amines) is 1. The van der Waals surface area contributed by atoms with Gasteiger partial charge in [-0.1, -0.05) is 12.1 Å². The van der Waals surface area contributed by atoms with E-state index in [9.17, 15) is 18.8 Å². The Morgan fingerprint density at radius 1 is 1.32 bits per heavy atom. The molecule has 0 aromatic heterocycles. The van der Waals surface area contributed by atoms with Gasteiger partial charge in [0.15, 0.2) is 0 Å². The van der Waals surface area contributed by atoms with Crippen molar-refractivity contribution in [3.63, 3.8) is 0 Å². The van der Waals surface area contributed by atoms with Crippen LogP contribution in [0.25, 0.3) is 5.57 Å². The van der Waals surface area contributed by atoms with Crippen molar-refractivity contribution in [2.24, 2.45) is 0 Å². The lowest BCUT2D eigenvalue weighted by atomic mass is 10.1. The minimum atomic E-state index is -0.364. The maximum atomic E-state index is 13.1. The zero-order valence-corrected chi connectivity index (χ0v) is 12.3. The van der Waals surface area contributed by atoms with Crippen LogP contribution in [0.4, 0.5) is 4.39 Å². The Morgan fingerprint density at radius 2 is 2.00 bits per heavy atom. The Hall–Kier alpha value is -2.50. The first-order valence-corrected chi connectivity index (χ1v) is 7.02. The first-order valence-electron chi connectivity index (χ1n) is 7.02. The highest BCUT2D eigenvalue weighted by atomic mass is 19.1. The van der Waals surface area contributed by atoms with Crippen LogP contribution in [0.5, 0.6) is 0 Å². The second-order valence-electron chi connectivity index (χ2n) is 5.07. The van der Waals surface area contributed by atoms with Crippen LogP contribution in [-0.4, -0.2) is 35.7 Å². The number of rotatable bonds is 5. The summed E-state index contributed by atoms with van der Waals surface area (Å²) >= 11 is 0. The summed E-state index contributed by atoms with van der Waals surface area (Å²) in [6.07, 6.45) is 1.85. The van der Waals surface area contributed by atoms with Gasteiger partial charge in [-0.25, -0.2) is 4.39 Å². The summed E-state index contributed by atoms with van der Waals surface area (Å²) in [5, 5.41) is 2.61. The molecule has 5 nitrogen and oxygen atoms in total. The molecule has 1 aliphatic rings. The number of carbonyl (C=O) groups excluding carboxylic acids is 3. The molecule has 0 radical (unpaired) electrons. The third-order valence-electron chi connectivity index (χ3n) is 3.42. The van der Waals surface area contributed by atoms with Gasteiger partial charge in [0.25, 0.3) is 0 Å². The molecule has 0 aliphatic carbocycles. The average Bonchev–Trinajstić information content (AvgIpc) is 2.79. The molecular weight excluding hydrogens is 287 g/mol. The number of hydrogen-bond donors (Lipinski definition) is 1. The summed E-state index contributed by atoms with van der Waals surface area (Å²) in [6.45, 7) is 2.08. The zero-order chi connectivity index (χ0) is 16.1. The standard InChI is InChI=1S/C16H17FN2O3/c1-11(12-3-2-4-13(17)10-12)9-14(20)18-7-8-19-15(21)5-6-16(19)22/h2-4,9-10H,5-8H2,1H3,(H,18,20). The Labute approximate surface area is 127 Å². The third-order valence-corrected chi connectivity index (χ3v) is 3.42. The smallest absolute Gasteiger partial charge is 0.244 e. The summed E-state index contributed by atoms with van der Waals surface area (Å²) in [6, 6.07) is 5.97. The van der Waals surface area contributed by atoms with Gasteiger partial charge in [0, 0.05) is 32.0 Å². The fourth-order valence-corrected chi connectivity index (χ4v) is 2.23. The Kier molecular flexibility index (Phi) is 5.04. The highest BCUT2D eigenvalue weighted by Crippen LogP contribution is 2.14. The number of allylic oxidation sites excluding steroid dienone is 1. The van der Waals surface area contributed by atoms with E-state index in [1.54, 1.807) is 19.1 Å². The van der Waals surface area contributed by atoms with Crippen molar-refractivity contribution in [3.8, 4) is 0 Å². The van der Waals surface area contributed by atoms with E-state index in [2.05, 4.69) is 5.32 Å². The summed E-state index contributed by atoms with van der Waals surface area (Å²) in [7, 11) is 0. The normalized spacial score (nSPS) is 15.4. The predicted molar refractivity (Wildman–Crippen MR) is 79.0 cm³/mol. The molecule has 0 spiro atoms. The number of nitrogens with zero attached hydrogens (tertiary/aromatic N) is 1. The molecule has 1 heterocycles. The number of carbonyl (C=O) groups is 3. The van der Waals surface area contributed by atoms with Crippen molar-refractivity contribution < 1.29 is 18.8 Å². The lowest BCUT2D eigenvalue weighted by molar-refractivity contribution is -0.138. The third kappa shape index (κ3) is 4.00. The molecule has 6 heteroatoms. The highest BCUT2D eigenvalue weighted by Gasteiger charge is 2.28. The van der Waals surface area contributed by atoms with Gasteiger partial charge in [-0.3, -0.25) is 19.3 Å². The van der Waals surface area contributed by atoms with Crippen molar-refractivity contribution >= 4 is 23.3 Å². The van der Waals surface area contributed by atoms with Crippen molar-refractivity contribution in [2.75, 3.05) is 13.1 Å². The number of hydrogen-bond acceptors (Lipinski definition) is 3. The van der Waals surface area contributed by atoms with Gasteiger partial charge >= 0.3 is 0 Å². The molecule has 0 atom stereocenters. The quantitative estimate of drug-likeness (QED) is 0.662. The fraction of sp³-hybridized carbons (Fsp3) is 0.312. The second kappa shape index (κ2) is 6.98. The highest BCUT2D eigenvalue weighted by molar-refractivity contribution is 6.02. The number of amides is 3. The summed E-state index contributed by atoms with van der Waals surface area (Å²) in [5.41, 5.74) is 1.25. The molecule has 0 bridgehead atoms. The molecule has 1 aromatic rings. The summed E-state index contributed by atoms with van der Waals surface area (Å²) < 4.78 is 13.1. The van der Waals surface area contributed by atoms with E-state index in [4.69, 9.17) is 0 Å². The van der Waals surface area contributed by atoms with Gasteiger partial charge in [0.2, 0.25) is 17.7 Å². The van der Waals surface area contributed by atoms with Crippen LogP contribution >= 0.6 is 0 Å². The summed E-state index contributed by atoms with van der Waals surface area (Å²) in [5.74, 6) is -1.12. The van der Waals surface area contributed by atoms with Crippen LogP contribution in [0.3, 0.4) is 0 Å². The largest absolute Gasteiger partial charge is 0.351 e. The van der Waals surface area contributed by atoms with Crippen molar-refractivity contribution in [1.82, 2.24) is 10.2 Å². The molecule has 1 N–H and O–H groups in total. The lowest BCUT2D eigenvalue weighted by Crippen LogP contribution is -2.37. The van der Waals surface area contributed by atoms with Gasteiger partial charge in [-0.2, -0.15) is 0 Å². The predicted octanol–water partition coefficient (Wildman–Crippen LogP) is 1.49. The topological polar surface area (TPSA) is 66.5 Å². The van der Waals surface area contributed by atoms with Crippen LogP contribution < -0.4 is 5.32 Å². The molecule has 1 fully saturated rings. The second-order valence-corrected chi connectivity index (χ2v) is 5.07. The molecule has 1 saturated heterocycles. The number of imide groups is 1. The molecule has 2 rings (SSSR count). The van der Waals surface area contributed by atoms with E-state index in [1.165, 1.54) is 18.2 Å². The van der Waals surface area contributed by atoms with Crippen molar-refractivity contribution in [1.29, 1.82) is 0 Å². The summed E-state index contributed by atoms with van der Waals surface area (Å²) in [4.78, 5) is 35.7.